The van der Waals surface area contributed by atoms with Gasteiger partial charge in [0.1, 0.15) is 6.04 Å². The third-order valence-electron chi connectivity index (χ3n) is 5.89. The second-order valence-electron chi connectivity index (χ2n) is 9.66. The van der Waals surface area contributed by atoms with Crippen LogP contribution < -0.4 is 5.32 Å². The smallest absolute Gasteiger partial charge is 0.244 e. The second-order valence-corrected chi connectivity index (χ2v) is 9.66. The highest BCUT2D eigenvalue weighted by Gasteiger charge is 2.33. The van der Waals surface area contributed by atoms with Crippen LogP contribution in [0.25, 0.3) is 0 Å². The van der Waals surface area contributed by atoms with Crippen LogP contribution in [0.1, 0.15) is 58.1 Å². The molecule has 1 aromatic rings. The Kier molecular flexibility index (Phi) is 7.89. The Hall–Kier alpha value is -1.92. The van der Waals surface area contributed by atoms with Crippen LogP contribution in [0.15, 0.2) is 30.3 Å². The van der Waals surface area contributed by atoms with Crippen LogP contribution in [-0.2, 0) is 9.59 Å². The number of piperidine rings is 1. The normalized spacial score (nSPS) is 20.4. The topological polar surface area (TPSA) is 55.9 Å². The number of amides is 2. The summed E-state index contributed by atoms with van der Waals surface area (Å²) in [6, 6.07) is 9.97. The van der Waals surface area contributed by atoms with Gasteiger partial charge in [-0.3, -0.25) is 19.4 Å². The summed E-state index contributed by atoms with van der Waals surface area (Å²) >= 11 is 0. The standard InChI is InChI=1S/C24H38N4O2/c1-24(2,3)25-21(29)19-26-13-10-16-27(18-17-26)22(20-11-6-4-7-12-20)23(30)28-14-8-5-9-15-28/h4,6-7,11-12,22H,5,8-10,13-19H2,1-3H3,(H,25,29)/t22-/m0/s1. The highest BCUT2D eigenvalue weighted by Crippen LogP contribution is 2.26. The molecule has 2 saturated heterocycles. The van der Waals surface area contributed by atoms with Crippen molar-refractivity contribution in [2.24, 2.45) is 0 Å². The largest absolute Gasteiger partial charge is 0.350 e. The number of nitrogens with zero attached hydrogens (tertiary/aromatic N) is 3. The van der Waals surface area contributed by atoms with E-state index >= 15 is 0 Å². The number of rotatable bonds is 5. The van der Waals surface area contributed by atoms with Crippen LogP contribution in [0.2, 0.25) is 0 Å². The summed E-state index contributed by atoms with van der Waals surface area (Å²) in [4.78, 5) is 32.5. The first-order chi connectivity index (χ1) is 14.3. The Labute approximate surface area is 181 Å². The minimum atomic E-state index is -0.229. The molecule has 6 nitrogen and oxygen atoms in total. The molecule has 2 aliphatic rings. The minimum absolute atomic E-state index is 0.0694. The van der Waals surface area contributed by atoms with Gasteiger partial charge >= 0.3 is 0 Å². The van der Waals surface area contributed by atoms with Crippen LogP contribution in [0.5, 0.6) is 0 Å². The fourth-order valence-electron chi connectivity index (χ4n) is 4.50. The van der Waals surface area contributed by atoms with Gasteiger partial charge in [0, 0.05) is 38.3 Å². The fraction of sp³-hybridized carbons (Fsp3) is 0.667. The summed E-state index contributed by atoms with van der Waals surface area (Å²) in [6.07, 6.45) is 4.38. The molecule has 0 bridgehead atoms. The quantitative estimate of drug-likeness (QED) is 0.805. The summed E-state index contributed by atoms with van der Waals surface area (Å²) in [6.45, 7) is 11.5. The van der Waals surface area contributed by atoms with E-state index in [1.807, 2.05) is 39.0 Å². The van der Waals surface area contributed by atoms with Crippen molar-refractivity contribution in [2.75, 3.05) is 45.8 Å². The molecule has 0 saturated carbocycles. The van der Waals surface area contributed by atoms with Gasteiger partial charge in [-0.1, -0.05) is 30.3 Å². The van der Waals surface area contributed by atoms with Crippen molar-refractivity contribution < 1.29 is 9.59 Å². The van der Waals surface area contributed by atoms with Crippen LogP contribution in [0.3, 0.4) is 0 Å². The van der Waals surface area contributed by atoms with Crippen LogP contribution in [-0.4, -0.2) is 77.9 Å². The van der Waals surface area contributed by atoms with Gasteiger partial charge in [-0.2, -0.15) is 0 Å². The predicted octanol–water partition coefficient (Wildman–Crippen LogP) is 2.66. The van der Waals surface area contributed by atoms with Crippen LogP contribution in [0, 0.1) is 0 Å². The van der Waals surface area contributed by atoms with E-state index < -0.39 is 0 Å². The molecule has 3 rings (SSSR count). The van der Waals surface area contributed by atoms with E-state index in [4.69, 9.17) is 0 Å². The van der Waals surface area contributed by atoms with E-state index in [1.165, 1.54) is 6.42 Å². The molecule has 1 atom stereocenters. The van der Waals surface area contributed by atoms with Gasteiger partial charge < -0.3 is 10.2 Å². The number of nitrogens with one attached hydrogen (secondary N) is 1. The summed E-state index contributed by atoms with van der Waals surface area (Å²) in [7, 11) is 0. The summed E-state index contributed by atoms with van der Waals surface area (Å²) in [5, 5.41) is 3.05. The molecule has 0 radical (unpaired) electrons. The molecule has 0 spiro atoms. The third kappa shape index (κ3) is 6.54. The molecule has 0 unspecified atom stereocenters. The molecule has 0 aliphatic carbocycles. The summed E-state index contributed by atoms with van der Waals surface area (Å²) < 4.78 is 0. The maximum atomic E-state index is 13.5. The van der Waals surface area contributed by atoms with Crippen molar-refractivity contribution in [3.05, 3.63) is 35.9 Å². The zero-order valence-corrected chi connectivity index (χ0v) is 18.9. The molecule has 30 heavy (non-hydrogen) atoms. The lowest BCUT2D eigenvalue weighted by Gasteiger charge is -2.36. The molecular weight excluding hydrogens is 376 g/mol. The number of carbonyl (C=O) groups excluding carboxylic acids is 2. The average Bonchev–Trinajstić information content (AvgIpc) is 2.94. The van der Waals surface area contributed by atoms with Gasteiger partial charge in [-0.05, 0) is 58.6 Å². The van der Waals surface area contributed by atoms with Gasteiger partial charge in [0.25, 0.3) is 0 Å². The maximum Gasteiger partial charge on any atom is 0.244 e. The van der Waals surface area contributed by atoms with E-state index in [1.54, 1.807) is 0 Å². The van der Waals surface area contributed by atoms with E-state index in [0.29, 0.717) is 6.54 Å². The van der Waals surface area contributed by atoms with Gasteiger partial charge in [-0.25, -0.2) is 0 Å². The second kappa shape index (κ2) is 10.4. The van der Waals surface area contributed by atoms with Gasteiger partial charge in [0.2, 0.25) is 11.8 Å². The molecule has 2 fully saturated rings. The first-order valence-electron chi connectivity index (χ1n) is 11.4. The summed E-state index contributed by atoms with van der Waals surface area (Å²) in [5.41, 5.74) is 0.862. The van der Waals surface area contributed by atoms with Gasteiger partial charge in [-0.15, -0.1) is 0 Å². The zero-order chi connectivity index (χ0) is 21.6. The number of likely N-dealkylation sites (tertiary alicyclic amines) is 1. The minimum Gasteiger partial charge on any atom is -0.350 e. The van der Waals surface area contributed by atoms with Crippen molar-refractivity contribution in [2.45, 2.75) is 58.0 Å². The zero-order valence-electron chi connectivity index (χ0n) is 18.9. The van der Waals surface area contributed by atoms with E-state index in [9.17, 15) is 9.59 Å². The van der Waals surface area contributed by atoms with Crippen LogP contribution in [0.4, 0.5) is 0 Å². The number of benzene rings is 1. The molecular formula is C24H38N4O2. The van der Waals surface area contributed by atoms with Crippen LogP contribution >= 0.6 is 0 Å². The van der Waals surface area contributed by atoms with E-state index in [2.05, 4.69) is 32.1 Å². The van der Waals surface area contributed by atoms with E-state index in [-0.39, 0.29) is 23.4 Å². The first-order valence-corrected chi connectivity index (χ1v) is 11.4. The Morgan fingerprint density at radius 1 is 0.900 bits per heavy atom. The van der Waals surface area contributed by atoms with Crippen molar-refractivity contribution in [1.29, 1.82) is 0 Å². The first kappa shape index (κ1) is 22.8. The molecule has 1 aromatic carbocycles. The molecule has 2 heterocycles. The highest BCUT2D eigenvalue weighted by molar-refractivity contribution is 5.83. The van der Waals surface area contributed by atoms with Crippen molar-refractivity contribution >= 4 is 11.8 Å². The molecule has 166 valence electrons. The highest BCUT2D eigenvalue weighted by atomic mass is 16.2. The Bertz CT molecular complexity index is 695. The van der Waals surface area contributed by atoms with E-state index in [0.717, 1.165) is 64.1 Å². The molecule has 0 aromatic heterocycles. The van der Waals surface area contributed by atoms with Crippen molar-refractivity contribution in [1.82, 2.24) is 20.0 Å². The Morgan fingerprint density at radius 2 is 1.60 bits per heavy atom. The Balaban J connectivity index is 1.68. The molecule has 1 N–H and O–H groups in total. The molecule has 2 amide bonds. The average molecular weight is 415 g/mol. The number of hydrogen-bond acceptors (Lipinski definition) is 4. The van der Waals surface area contributed by atoms with Crippen molar-refractivity contribution in [3.63, 3.8) is 0 Å². The third-order valence-corrected chi connectivity index (χ3v) is 5.89. The monoisotopic (exact) mass is 414 g/mol. The number of carbonyl (C=O) groups is 2. The maximum absolute atomic E-state index is 13.5. The SMILES string of the molecule is CC(C)(C)NC(=O)CN1CCCN([C@H](C(=O)N2CCCCC2)c2ccccc2)CC1. The lowest BCUT2D eigenvalue weighted by atomic mass is 10.0. The lowest BCUT2D eigenvalue weighted by molar-refractivity contribution is -0.138. The van der Waals surface area contributed by atoms with Gasteiger partial charge in [0.05, 0.1) is 6.54 Å². The fourth-order valence-corrected chi connectivity index (χ4v) is 4.50. The van der Waals surface area contributed by atoms with Gasteiger partial charge in [0.15, 0.2) is 0 Å². The van der Waals surface area contributed by atoms with Crippen molar-refractivity contribution in [3.8, 4) is 0 Å². The lowest BCUT2D eigenvalue weighted by Crippen LogP contribution is -2.47. The molecule has 2 aliphatic heterocycles. The molecule has 6 heteroatoms. The summed E-state index contributed by atoms with van der Waals surface area (Å²) in [5.74, 6) is 0.305. The Morgan fingerprint density at radius 3 is 2.27 bits per heavy atom. The predicted molar refractivity (Wildman–Crippen MR) is 120 cm³/mol. The number of hydrogen-bond donors (Lipinski definition) is 1.